The molecule has 1 aromatic heterocycles. The number of carbonyl (C=O) groups excluding carboxylic acids is 1. The van der Waals surface area contributed by atoms with Crippen LogP contribution < -0.4 is 5.32 Å². The summed E-state index contributed by atoms with van der Waals surface area (Å²) < 4.78 is 1.85. The van der Waals surface area contributed by atoms with Crippen LogP contribution in [-0.4, -0.2) is 21.5 Å². The number of rotatable bonds is 3. The van der Waals surface area contributed by atoms with Crippen LogP contribution in [0.2, 0.25) is 0 Å². The summed E-state index contributed by atoms with van der Waals surface area (Å²) in [5, 5.41) is 2.92. The van der Waals surface area contributed by atoms with Gasteiger partial charge in [-0.25, -0.2) is 4.98 Å². The van der Waals surface area contributed by atoms with Gasteiger partial charge in [0, 0.05) is 17.9 Å². The number of para-hydroxylation sites is 1. The minimum Gasteiger partial charge on any atom is -0.348 e. The van der Waals surface area contributed by atoms with Gasteiger partial charge in [-0.2, -0.15) is 0 Å². The quantitative estimate of drug-likeness (QED) is 0.868. The molecule has 1 aliphatic carbocycles. The molecule has 1 N–H and O–H groups in total. The van der Waals surface area contributed by atoms with Gasteiger partial charge >= 0.3 is 0 Å². The zero-order valence-corrected chi connectivity index (χ0v) is 9.34. The second-order valence-electron chi connectivity index (χ2n) is 4.25. The SMILES string of the molecule is O=C(NC1CC1)c1cn(-c2ccccc2)cn1. The molecule has 0 unspecified atom stereocenters. The maximum atomic E-state index is 11.8. The highest BCUT2D eigenvalue weighted by atomic mass is 16.2. The lowest BCUT2D eigenvalue weighted by Crippen LogP contribution is -2.25. The maximum absolute atomic E-state index is 11.8. The first-order chi connectivity index (χ1) is 8.33. The van der Waals surface area contributed by atoms with Crippen LogP contribution in [0, 0.1) is 0 Å². The first kappa shape index (κ1) is 10.1. The van der Waals surface area contributed by atoms with Gasteiger partial charge in [-0.05, 0) is 25.0 Å². The molecule has 2 aromatic rings. The van der Waals surface area contributed by atoms with Gasteiger partial charge in [0.25, 0.3) is 5.91 Å². The predicted molar refractivity (Wildman–Crippen MR) is 64.1 cm³/mol. The van der Waals surface area contributed by atoms with E-state index in [2.05, 4.69) is 10.3 Å². The van der Waals surface area contributed by atoms with E-state index in [1.165, 1.54) is 0 Å². The number of hydrogen-bond donors (Lipinski definition) is 1. The molecule has 86 valence electrons. The fourth-order valence-corrected chi connectivity index (χ4v) is 1.67. The molecule has 0 bridgehead atoms. The van der Waals surface area contributed by atoms with Crippen molar-refractivity contribution in [1.82, 2.24) is 14.9 Å². The number of carbonyl (C=O) groups is 1. The Kier molecular flexibility index (Phi) is 2.40. The van der Waals surface area contributed by atoms with E-state index in [1.54, 1.807) is 12.5 Å². The van der Waals surface area contributed by atoms with Gasteiger partial charge in [0.15, 0.2) is 0 Å². The lowest BCUT2D eigenvalue weighted by molar-refractivity contribution is 0.0946. The lowest BCUT2D eigenvalue weighted by Gasteiger charge is -2.00. The molecule has 4 nitrogen and oxygen atoms in total. The van der Waals surface area contributed by atoms with Gasteiger partial charge in [0.1, 0.15) is 12.0 Å². The normalized spacial score (nSPS) is 14.6. The third-order valence-corrected chi connectivity index (χ3v) is 2.78. The van der Waals surface area contributed by atoms with Crippen LogP contribution in [0.3, 0.4) is 0 Å². The predicted octanol–water partition coefficient (Wildman–Crippen LogP) is 1.76. The van der Waals surface area contributed by atoms with E-state index in [4.69, 9.17) is 0 Å². The fraction of sp³-hybridized carbons (Fsp3) is 0.231. The third-order valence-electron chi connectivity index (χ3n) is 2.78. The van der Waals surface area contributed by atoms with E-state index in [1.807, 2.05) is 34.9 Å². The van der Waals surface area contributed by atoms with Crippen LogP contribution >= 0.6 is 0 Å². The maximum Gasteiger partial charge on any atom is 0.271 e. The molecule has 17 heavy (non-hydrogen) atoms. The van der Waals surface area contributed by atoms with E-state index >= 15 is 0 Å². The minimum atomic E-state index is -0.0813. The lowest BCUT2D eigenvalue weighted by atomic mass is 10.3. The van der Waals surface area contributed by atoms with Crippen molar-refractivity contribution < 1.29 is 4.79 Å². The van der Waals surface area contributed by atoms with Gasteiger partial charge in [-0.1, -0.05) is 18.2 Å². The highest BCUT2D eigenvalue weighted by molar-refractivity contribution is 5.92. The molecule has 1 heterocycles. The number of imidazole rings is 1. The van der Waals surface area contributed by atoms with Crippen LogP contribution in [0.4, 0.5) is 0 Å². The molecule has 0 aliphatic heterocycles. The standard InChI is InChI=1S/C13H13N3O/c17-13(15-10-6-7-10)12-8-16(9-14-12)11-4-2-1-3-5-11/h1-5,8-10H,6-7H2,(H,15,17). The molecule has 4 heteroatoms. The molecule has 1 saturated carbocycles. The summed E-state index contributed by atoms with van der Waals surface area (Å²) in [6, 6.07) is 10.2. The summed E-state index contributed by atoms with van der Waals surface area (Å²) in [7, 11) is 0. The Labute approximate surface area is 99.3 Å². The second kappa shape index (κ2) is 4.05. The number of hydrogen-bond acceptors (Lipinski definition) is 2. The number of benzene rings is 1. The molecular weight excluding hydrogens is 214 g/mol. The summed E-state index contributed by atoms with van der Waals surface area (Å²) in [4.78, 5) is 15.9. The number of aromatic nitrogens is 2. The highest BCUT2D eigenvalue weighted by Crippen LogP contribution is 2.19. The van der Waals surface area contributed by atoms with Crippen molar-refractivity contribution in [1.29, 1.82) is 0 Å². The number of amides is 1. The molecule has 1 amide bonds. The summed E-state index contributed by atoms with van der Waals surface area (Å²) in [6.07, 6.45) is 5.60. The molecule has 0 saturated heterocycles. The van der Waals surface area contributed by atoms with Crippen LogP contribution in [0.5, 0.6) is 0 Å². The number of nitrogens with zero attached hydrogens (tertiary/aromatic N) is 2. The van der Waals surface area contributed by atoms with Crippen molar-refractivity contribution in [2.24, 2.45) is 0 Å². The topological polar surface area (TPSA) is 46.9 Å². The van der Waals surface area contributed by atoms with Gasteiger partial charge in [-0.15, -0.1) is 0 Å². The smallest absolute Gasteiger partial charge is 0.271 e. The van der Waals surface area contributed by atoms with Gasteiger partial charge in [0.05, 0.1) is 0 Å². The zero-order valence-electron chi connectivity index (χ0n) is 9.34. The van der Waals surface area contributed by atoms with E-state index in [0.717, 1.165) is 18.5 Å². The molecule has 0 spiro atoms. The molecule has 0 atom stereocenters. The Hall–Kier alpha value is -2.10. The average molecular weight is 227 g/mol. The van der Waals surface area contributed by atoms with E-state index in [-0.39, 0.29) is 5.91 Å². The van der Waals surface area contributed by atoms with Gasteiger partial charge in [0.2, 0.25) is 0 Å². The van der Waals surface area contributed by atoms with Gasteiger partial charge < -0.3 is 9.88 Å². The third kappa shape index (κ3) is 2.20. The Balaban J connectivity index is 1.80. The fourth-order valence-electron chi connectivity index (χ4n) is 1.67. The molecule has 3 rings (SSSR count). The van der Waals surface area contributed by atoms with Crippen molar-refractivity contribution in [2.45, 2.75) is 18.9 Å². The molecule has 1 aromatic carbocycles. The second-order valence-corrected chi connectivity index (χ2v) is 4.25. The summed E-state index contributed by atoms with van der Waals surface area (Å²) in [6.45, 7) is 0. The molecule has 1 aliphatic rings. The first-order valence-electron chi connectivity index (χ1n) is 5.73. The summed E-state index contributed by atoms with van der Waals surface area (Å²) in [5.74, 6) is -0.0813. The average Bonchev–Trinajstić information content (AvgIpc) is 3.04. The van der Waals surface area contributed by atoms with Crippen molar-refractivity contribution in [3.8, 4) is 5.69 Å². The van der Waals surface area contributed by atoms with Crippen LogP contribution in [-0.2, 0) is 0 Å². The molecule has 0 radical (unpaired) electrons. The number of nitrogens with one attached hydrogen (secondary N) is 1. The minimum absolute atomic E-state index is 0.0813. The van der Waals surface area contributed by atoms with Crippen LogP contribution in [0.15, 0.2) is 42.9 Å². The Morgan fingerprint density at radius 2 is 2.06 bits per heavy atom. The van der Waals surface area contributed by atoms with Crippen molar-refractivity contribution in [3.63, 3.8) is 0 Å². The Bertz CT molecular complexity index is 529. The van der Waals surface area contributed by atoms with Crippen molar-refractivity contribution >= 4 is 5.91 Å². The first-order valence-corrected chi connectivity index (χ1v) is 5.73. The van der Waals surface area contributed by atoms with Crippen LogP contribution in [0.1, 0.15) is 23.3 Å². The summed E-state index contributed by atoms with van der Waals surface area (Å²) >= 11 is 0. The monoisotopic (exact) mass is 227 g/mol. The molecular formula is C13H13N3O. The summed E-state index contributed by atoms with van der Waals surface area (Å²) in [5.41, 5.74) is 1.48. The largest absolute Gasteiger partial charge is 0.348 e. The zero-order chi connectivity index (χ0) is 11.7. The van der Waals surface area contributed by atoms with E-state index < -0.39 is 0 Å². The van der Waals surface area contributed by atoms with E-state index in [0.29, 0.717) is 11.7 Å². The highest BCUT2D eigenvalue weighted by Gasteiger charge is 2.24. The Morgan fingerprint density at radius 3 is 2.76 bits per heavy atom. The van der Waals surface area contributed by atoms with Gasteiger partial charge in [-0.3, -0.25) is 4.79 Å². The van der Waals surface area contributed by atoms with Crippen molar-refractivity contribution in [3.05, 3.63) is 48.5 Å². The Morgan fingerprint density at radius 1 is 1.29 bits per heavy atom. The van der Waals surface area contributed by atoms with Crippen LogP contribution in [0.25, 0.3) is 5.69 Å². The molecule has 1 fully saturated rings. The van der Waals surface area contributed by atoms with Crippen molar-refractivity contribution in [2.75, 3.05) is 0 Å². The van der Waals surface area contributed by atoms with E-state index in [9.17, 15) is 4.79 Å².